The van der Waals surface area contributed by atoms with Crippen LogP contribution in [-0.4, -0.2) is 23.7 Å². The van der Waals surface area contributed by atoms with Crippen molar-refractivity contribution in [3.05, 3.63) is 120 Å². The maximum Gasteiger partial charge on any atom is 0.271 e. The Morgan fingerprint density at radius 2 is 1.83 bits per heavy atom. The summed E-state index contributed by atoms with van der Waals surface area (Å²) in [5.41, 5.74) is 4.08. The first kappa shape index (κ1) is 27.7. The van der Waals surface area contributed by atoms with Crippen molar-refractivity contribution in [3.63, 3.8) is 0 Å². The van der Waals surface area contributed by atoms with E-state index in [4.69, 9.17) is 20.9 Å². The summed E-state index contributed by atoms with van der Waals surface area (Å²) in [7, 11) is 0. The van der Waals surface area contributed by atoms with Gasteiger partial charge in [0, 0.05) is 5.69 Å². The van der Waals surface area contributed by atoms with Crippen LogP contribution in [-0.2, 0) is 4.79 Å². The molecule has 1 atom stereocenters. The highest BCUT2D eigenvalue weighted by Gasteiger charge is 2.32. The maximum absolute atomic E-state index is 14.0. The third-order valence-electron chi connectivity index (χ3n) is 6.57. The zero-order valence-electron chi connectivity index (χ0n) is 23.0. The van der Waals surface area contributed by atoms with E-state index in [0.29, 0.717) is 44.4 Å². The van der Waals surface area contributed by atoms with Crippen LogP contribution in [0.15, 0.2) is 93.9 Å². The number of amides is 1. The van der Waals surface area contributed by atoms with E-state index in [-0.39, 0.29) is 18.1 Å². The van der Waals surface area contributed by atoms with Gasteiger partial charge in [-0.3, -0.25) is 14.2 Å². The van der Waals surface area contributed by atoms with Crippen LogP contribution in [0.1, 0.15) is 36.6 Å². The van der Waals surface area contributed by atoms with Crippen molar-refractivity contribution in [1.82, 2.24) is 4.57 Å². The number of hydrogen-bond acceptors (Lipinski definition) is 6. The SMILES string of the molecule is C#CCOc1ccc(/C=c2\sc3n(c2=O)[C@@H](c2ccc(C)cc2)C(C(=O)Nc2ccccc2)=C(C)N=3)cc1OCC. The predicted molar refractivity (Wildman–Crippen MR) is 162 cm³/mol. The summed E-state index contributed by atoms with van der Waals surface area (Å²) in [4.78, 5) is 32.9. The van der Waals surface area contributed by atoms with Crippen molar-refractivity contribution in [2.75, 3.05) is 18.5 Å². The minimum Gasteiger partial charge on any atom is -0.490 e. The molecule has 0 saturated heterocycles. The molecule has 1 N–H and O–H groups in total. The molecule has 5 rings (SSSR count). The normalized spacial score (nSPS) is 14.6. The van der Waals surface area contributed by atoms with Gasteiger partial charge in [0.15, 0.2) is 16.3 Å². The van der Waals surface area contributed by atoms with Gasteiger partial charge in [0.05, 0.1) is 28.5 Å². The molecule has 1 aliphatic rings. The van der Waals surface area contributed by atoms with Crippen LogP contribution in [0.3, 0.4) is 0 Å². The minimum atomic E-state index is -0.642. The van der Waals surface area contributed by atoms with Crippen LogP contribution < -0.4 is 29.7 Å². The van der Waals surface area contributed by atoms with Crippen molar-refractivity contribution >= 4 is 29.0 Å². The summed E-state index contributed by atoms with van der Waals surface area (Å²) in [6.07, 6.45) is 7.14. The van der Waals surface area contributed by atoms with E-state index in [0.717, 1.165) is 16.7 Å². The molecule has 2 heterocycles. The van der Waals surface area contributed by atoms with E-state index in [1.54, 1.807) is 16.7 Å². The molecule has 4 aromatic rings. The molecule has 0 fully saturated rings. The molecular formula is C33H29N3O4S. The number of anilines is 1. The highest BCUT2D eigenvalue weighted by molar-refractivity contribution is 7.07. The van der Waals surface area contributed by atoms with Crippen molar-refractivity contribution in [2.24, 2.45) is 4.99 Å². The molecule has 41 heavy (non-hydrogen) atoms. The van der Waals surface area contributed by atoms with Crippen LogP contribution >= 0.6 is 11.3 Å². The molecule has 8 heteroatoms. The number of rotatable bonds is 8. The van der Waals surface area contributed by atoms with Gasteiger partial charge >= 0.3 is 0 Å². The Hall–Kier alpha value is -4.87. The molecule has 7 nitrogen and oxygen atoms in total. The van der Waals surface area contributed by atoms with Gasteiger partial charge in [0.25, 0.3) is 11.5 Å². The summed E-state index contributed by atoms with van der Waals surface area (Å²) in [5.74, 6) is 3.22. The average Bonchev–Trinajstić information content (AvgIpc) is 3.27. The standard InChI is InChI=1S/C33H29N3O4S/c1-5-18-40-26-17-14-23(19-27(26)39-6-2)20-28-32(38)36-30(24-15-12-21(3)13-16-24)29(22(4)34-33(36)41-28)31(37)35-25-10-8-7-9-11-25/h1,7-17,19-20,30H,6,18H2,2-4H3,(H,35,37)/b28-20-/t30-/m0/s1. The van der Waals surface area contributed by atoms with E-state index in [1.807, 2.05) is 87.5 Å². The number of nitrogens with one attached hydrogen (secondary N) is 1. The number of hydrogen-bond donors (Lipinski definition) is 1. The number of aryl methyl sites for hydroxylation is 1. The van der Waals surface area contributed by atoms with Crippen LogP contribution in [0.4, 0.5) is 5.69 Å². The van der Waals surface area contributed by atoms with E-state index < -0.39 is 6.04 Å². The summed E-state index contributed by atoms with van der Waals surface area (Å²) in [5, 5.41) is 2.97. The molecule has 0 spiro atoms. The Labute approximate surface area is 242 Å². The van der Waals surface area contributed by atoms with Gasteiger partial charge in [-0.25, -0.2) is 4.99 Å². The van der Waals surface area contributed by atoms with Crippen molar-refractivity contribution < 1.29 is 14.3 Å². The number of carbonyl (C=O) groups excluding carboxylic acids is 1. The number of para-hydroxylation sites is 1. The predicted octanol–water partition coefficient (Wildman–Crippen LogP) is 4.59. The minimum absolute atomic E-state index is 0.122. The molecule has 0 radical (unpaired) electrons. The second kappa shape index (κ2) is 12.1. The quantitative estimate of drug-likeness (QED) is 0.318. The number of nitrogens with zero attached hydrogens (tertiary/aromatic N) is 2. The van der Waals surface area contributed by atoms with Gasteiger partial charge in [0.1, 0.15) is 6.61 Å². The van der Waals surface area contributed by atoms with Gasteiger partial charge in [0.2, 0.25) is 0 Å². The molecule has 0 unspecified atom stereocenters. The van der Waals surface area contributed by atoms with E-state index in [9.17, 15) is 9.59 Å². The summed E-state index contributed by atoms with van der Waals surface area (Å²) >= 11 is 1.28. The lowest BCUT2D eigenvalue weighted by atomic mass is 9.94. The molecule has 3 aromatic carbocycles. The lowest BCUT2D eigenvalue weighted by molar-refractivity contribution is -0.113. The molecule has 0 aliphatic carbocycles. The van der Waals surface area contributed by atoms with Gasteiger partial charge in [-0.2, -0.15) is 0 Å². The fourth-order valence-corrected chi connectivity index (χ4v) is 5.72. The number of aromatic nitrogens is 1. The monoisotopic (exact) mass is 563 g/mol. The average molecular weight is 564 g/mol. The number of carbonyl (C=O) groups is 1. The third kappa shape index (κ3) is 5.86. The molecular weight excluding hydrogens is 534 g/mol. The van der Waals surface area contributed by atoms with E-state index in [1.165, 1.54) is 11.3 Å². The summed E-state index contributed by atoms with van der Waals surface area (Å²) in [6.45, 7) is 6.26. The van der Waals surface area contributed by atoms with Crippen LogP contribution in [0.25, 0.3) is 6.08 Å². The summed E-state index contributed by atoms with van der Waals surface area (Å²) in [6, 6.07) is 21.9. The third-order valence-corrected chi connectivity index (χ3v) is 7.55. The fraction of sp³-hybridized carbons (Fsp3) is 0.182. The Balaban J connectivity index is 1.62. The Morgan fingerprint density at radius 3 is 2.54 bits per heavy atom. The number of thiazole rings is 1. The van der Waals surface area contributed by atoms with Gasteiger partial charge in [-0.1, -0.05) is 71.4 Å². The number of terminal acetylenes is 1. The van der Waals surface area contributed by atoms with Crippen molar-refractivity contribution in [2.45, 2.75) is 26.8 Å². The zero-order chi connectivity index (χ0) is 28.9. The van der Waals surface area contributed by atoms with Crippen LogP contribution in [0.5, 0.6) is 11.5 Å². The number of allylic oxidation sites excluding steroid dienone is 1. The first-order valence-corrected chi connectivity index (χ1v) is 14.0. The number of benzene rings is 3. The maximum atomic E-state index is 14.0. The Morgan fingerprint density at radius 1 is 1.07 bits per heavy atom. The second-order valence-corrected chi connectivity index (χ2v) is 10.5. The highest BCUT2D eigenvalue weighted by atomic mass is 32.1. The van der Waals surface area contributed by atoms with Crippen molar-refractivity contribution in [3.8, 4) is 23.8 Å². The van der Waals surface area contributed by atoms with Gasteiger partial charge in [-0.15, -0.1) is 6.42 Å². The lowest BCUT2D eigenvalue weighted by Crippen LogP contribution is -2.40. The van der Waals surface area contributed by atoms with E-state index >= 15 is 0 Å². The fourth-order valence-electron chi connectivity index (χ4n) is 4.67. The smallest absolute Gasteiger partial charge is 0.271 e. The first-order chi connectivity index (χ1) is 19.9. The topological polar surface area (TPSA) is 81.9 Å². The molecule has 0 saturated carbocycles. The Kier molecular flexibility index (Phi) is 8.18. The molecule has 206 valence electrons. The molecule has 0 bridgehead atoms. The molecule has 1 amide bonds. The first-order valence-electron chi connectivity index (χ1n) is 13.2. The number of fused-ring (bicyclic) bond motifs is 1. The van der Waals surface area contributed by atoms with Gasteiger partial charge < -0.3 is 14.8 Å². The number of ether oxygens (including phenoxy) is 2. The largest absolute Gasteiger partial charge is 0.490 e. The summed E-state index contributed by atoms with van der Waals surface area (Å²) < 4.78 is 13.4. The molecule has 1 aliphatic heterocycles. The van der Waals surface area contributed by atoms with Crippen LogP contribution in [0, 0.1) is 19.3 Å². The second-order valence-electron chi connectivity index (χ2n) is 9.44. The lowest BCUT2D eigenvalue weighted by Gasteiger charge is -2.25. The van der Waals surface area contributed by atoms with Crippen molar-refractivity contribution in [1.29, 1.82) is 0 Å². The highest BCUT2D eigenvalue weighted by Crippen LogP contribution is 2.31. The van der Waals surface area contributed by atoms with Gasteiger partial charge in [-0.05, 0) is 62.2 Å². The van der Waals surface area contributed by atoms with Crippen LogP contribution in [0.2, 0.25) is 0 Å². The Bertz CT molecular complexity index is 1850. The zero-order valence-corrected chi connectivity index (χ0v) is 23.8. The molecule has 1 aromatic heterocycles. The van der Waals surface area contributed by atoms with E-state index in [2.05, 4.69) is 11.2 Å².